The second kappa shape index (κ2) is 5.21. The first-order chi connectivity index (χ1) is 7.15. The van der Waals surface area contributed by atoms with E-state index in [0.29, 0.717) is 6.54 Å². The number of aryl methyl sites for hydroxylation is 1. The number of nitro groups is 1. The first-order valence-corrected chi connectivity index (χ1v) is 4.63. The molecule has 0 saturated carbocycles. The maximum absolute atomic E-state index is 10.5. The molecule has 0 spiro atoms. The van der Waals surface area contributed by atoms with Crippen LogP contribution in [0.1, 0.15) is 17.7 Å². The molecule has 0 aliphatic heterocycles. The van der Waals surface area contributed by atoms with E-state index in [0.717, 1.165) is 17.7 Å². The number of nitrogens with two attached hydrogens (primary N) is 1. The predicted octanol–water partition coefficient (Wildman–Crippen LogP) is 1.66. The number of pyridine rings is 1. The average molecular weight is 207 g/mol. The Morgan fingerprint density at radius 2 is 2.40 bits per heavy atom. The Labute approximate surface area is 87.8 Å². The van der Waals surface area contributed by atoms with E-state index in [1.807, 2.05) is 19.1 Å². The Morgan fingerprint density at radius 3 is 3.00 bits per heavy atom. The Morgan fingerprint density at radius 1 is 1.67 bits per heavy atom. The fourth-order valence-electron chi connectivity index (χ4n) is 1.11. The molecule has 1 aromatic rings. The molecule has 0 radical (unpaired) electrons. The van der Waals surface area contributed by atoms with Gasteiger partial charge in [-0.05, 0) is 19.9 Å². The highest BCUT2D eigenvalue weighted by molar-refractivity contribution is 5.54. The molecule has 1 aromatic heterocycles. The highest BCUT2D eigenvalue weighted by atomic mass is 16.6. The summed E-state index contributed by atoms with van der Waals surface area (Å²) >= 11 is 0. The summed E-state index contributed by atoms with van der Waals surface area (Å²) in [6.07, 6.45) is 5.70. The lowest BCUT2D eigenvalue weighted by Gasteiger charge is -1.98. The van der Waals surface area contributed by atoms with Crippen molar-refractivity contribution in [2.24, 2.45) is 5.73 Å². The van der Waals surface area contributed by atoms with Crippen LogP contribution in [0.2, 0.25) is 0 Å². The molecule has 0 aliphatic carbocycles. The van der Waals surface area contributed by atoms with Gasteiger partial charge in [-0.3, -0.25) is 15.1 Å². The molecule has 0 fully saturated rings. The number of aromatic nitrogens is 1. The number of nitrogens with zero attached hydrogens (tertiary/aromatic N) is 2. The Hall–Kier alpha value is -1.75. The van der Waals surface area contributed by atoms with Gasteiger partial charge in [-0.1, -0.05) is 12.2 Å². The van der Waals surface area contributed by atoms with Crippen LogP contribution in [-0.4, -0.2) is 16.5 Å². The molecule has 0 amide bonds. The summed E-state index contributed by atoms with van der Waals surface area (Å²) in [5.41, 5.74) is 6.87. The molecular formula is C10H13N3O2. The molecule has 15 heavy (non-hydrogen) atoms. The zero-order chi connectivity index (χ0) is 11.3. The van der Waals surface area contributed by atoms with Crippen LogP contribution in [0.15, 0.2) is 18.3 Å². The van der Waals surface area contributed by atoms with Crippen molar-refractivity contribution in [3.8, 4) is 0 Å². The Bertz CT molecular complexity index is 388. The summed E-state index contributed by atoms with van der Waals surface area (Å²) < 4.78 is 0. The molecule has 0 aliphatic rings. The van der Waals surface area contributed by atoms with Gasteiger partial charge in [0.05, 0.1) is 4.92 Å². The zero-order valence-electron chi connectivity index (χ0n) is 8.51. The number of hydrogen-bond donors (Lipinski definition) is 1. The van der Waals surface area contributed by atoms with E-state index < -0.39 is 4.92 Å². The van der Waals surface area contributed by atoms with Gasteiger partial charge in [-0.2, -0.15) is 0 Å². The predicted molar refractivity (Wildman–Crippen MR) is 58.3 cm³/mol. The molecule has 5 nitrogen and oxygen atoms in total. The van der Waals surface area contributed by atoms with E-state index in [1.165, 1.54) is 12.3 Å². The van der Waals surface area contributed by atoms with Crippen molar-refractivity contribution in [2.45, 2.75) is 13.3 Å². The molecule has 5 heteroatoms. The maximum atomic E-state index is 10.5. The van der Waals surface area contributed by atoms with Crippen LogP contribution in [0.5, 0.6) is 0 Å². The van der Waals surface area contributed by atoms with Crippen LogP contribution in [-0.2, 0) is 0 Å². The first kappa shape index (κ1) is 11.3. The molecule has 0 atom stereocenters. The van der Waals surface area contributed by atoms with Gasteiger partial charge < -0.3 is 5.73 Å². The topological polar surface area (TPSA) is 82.0 Å². The lowest BCUT2D eigenvalue weighted by molar-refractivity contribution is -0.385. The monoisotopic (exact) mass is 207 g/mol. The van der Waals surface area contributed by atoms with E-state index in [9.17, 15) is 10.1 Å². The minimum atomic E-state index is -0.452. The van der Waals surface area contributed by atoms with Crippen LogP contribution < -0.4 is 5.73 Å². The van der Waals surface area contributed by atoms with Gasteiger partial charge >= 0.3 is 0 Å². The van der Waals surface area contributed by atoms with Crippen molar-refractivity contribution in [3.05, 3.63) is 39.7 Å². The summed E-state index contributed by atoms with van der Waals surface area (Å²) in [4.78, 5) is 14.0. The molecule has 80 valence electrons. The average Bonchev–Trinajstić information content (AvgIpc) is 2.20. The molecule has 0 saturated heterocycles. The lowest BCUT2D eigenvalue weighted by atomic mass is 10.1. The minimum Gasteiger partial charge on any atom is -0.330 e. The first-order valence-electron chi connectivity index (χ1n) is 4.63. The van der Waals surface area contributed by atoms with Crippen molar-refractivity contribution in [1.82, 2.24) is 4.98 Å². The standard InChI is InChI=1S/C10H13N3O2/c1-8-9(4-2-3-5-11)6-10(7-12-8)13(14)15/h2,4,6-7H,3,5,11H2,1H3. The van der Waals surface area contributed by atoms with Crippen LogP contribution in [0.25, 0.3) is 6.08 Å². The Kier molecular flexibility index (Phi) is 3.93. The van der Waals surface area contributed by atoms with Gasteiger partial charge in [0.2, 0.25) is 0 Å². The van der Waals surface area contributed by atoms with E-state index >= 15 is 0 Å². The zero-order valence-corrected chi connectivity index (χ0v) is 8.51. The highest BCUT2D eigenvalue weighted by Gasteiger charge is 2.07. The summed E-state index contributed by atoms with van der Waals surface area (Å²) in [5.74, 6) is 0. The summed E-state index contributed by atoms with van der Waals surface area (Å²) in [6.45, 7) is 2.38. The second-order valence-electron chi connectivity index (χ2n) is 3.10. The second-order valence-corrected chi connectivity index (χ2v) is 3.10. The van der Waals surface area contributed by atoms with Gasteiger partial charge in [-0.15, -0.1) is 0 Å². The normalized spacial score (nSPS) is 10.8. The SMILES string of the molecule is Cc1ncc([N+](=O)[O-])cc1C=CCCN. The third-order valence-electron chi connectivity index (χ3n) is 1.95. The quantitative estimate of drug-likeness (QED) is 0.601. The van der Waals surface area contributed by atoms with E-state index in [-0.39, 0.29) is 5.69 Å². The van der Waals surface area contributed by atoms with Crippen molar-refractivity contribution in [2.75, 3.05) is 6.54 Å². The van der Waals surface area contributed by atoms with E-state index in [2.05, 4.69) is 4.98 Å². The summed E-state index contributed by atoms with van der Waals surface area (Å²) in [7, 11) is 0. The smallest absolute Gasteiger partial charge is 0.288 e. The van der Waals surface area contributed by atoms with Crippen LogP contribution in [0.4, 0.5) is 5.69 Å². The van der Waals surface area contributed by atoms with Crippen LogP contribution >= 0.6 is 0 Å². The third-order valence-corrected chi connectivity index (χ3v) is 1.95. The number of hydrogen-bond acceptors (Lipinski definition) is 4. The van der Waals surface area contributed by atoms with Gasteiger partial charge in [0.1, 0.15) is 6.20 Å². The molecule has 1 rings (SSSR count). The van der Waals surface area contributed by atoms with Crippen LogP contribution in [0, 0.1) is 17.0 Å². The van der Waals surface area contributed by atoms with Gasteiger partial charge in [0.15, 0.2) is 0 Å². The molecule has 0 aromatic carbocycles. The van der Waals surface area contributed by atoms with E-state index in [4.69, 9.17) is 5.73 Å². The summed E-state index contributed by atoms with van der Waals surface area (Å²) in [5, 5.41) is 10.5. The van der Waals surface area contributed by atoms with Crippen molar-refractivity contribution < 1.29 is 4.92 Å². The largest absolute Gasteiger partial charge is 0.330 e. The van der Waals surface area contributed by atoms with Crippen molar-refractivity contribution in [3.63, 3.8) is 0 Å². The van der Waals surface area contributed by atoms with Crippen molar-refractivity contribution in [1.29, 1.82) is 0 Å². The fraction of sp³-hybridized carbons (Fsp3) is 0.300. The Balaban J connectivity index is 2.95. The fourth-order valence-corrected chi connectivity index (χ4v) is 1.11. The minimum absolute atomic E-state index is 0.00741. The highest BCUT2D eigenvalue weighted by Crippen LogP contribution is 2.15. The molecule has 2 N–H and O–H groups in total. The lowest BCUT2D eigenvalue weighted by Crippen LogP contribution is -1.96. The van der Waals surface area contributed by atoms with E-state index in [1.54, 1.807) is 0 Å². The maximum Gasteiger partial charge on any atom is 0.288 e. The molecule has 1 heterocycles. The summed E-state index contributed by atoms with van der Waals surface area (Å²) in [6, 6.07) is 1.51. The van der Waals surface area contributed by atoms with Gasteiger partial charge in [0, 0.05) is 17.3 Å². The van der Waals surface area contributed by atoms with Gasteiger partial charge in [0.25, 0.3) is 5.69 Å². The van der Waals surface area contributed by atoms with Gasteiger partial charge in [-0.25, -0.2) is 0 Å². The van der Waals surface area contributed by atoms with Crippen molar-refractivity contribution >= 4 is 11.8 Å². The van der Waals surface area contributed by atoms with Crippen LogP contribution in [0.3, 0.4) is 0 Å². The molecule has 0 unspecified atom stereocenters. The molecular weight excluding hydrogens is 194 g/mol. The third kappa shape index (κ3) is 3.14. The number of rotatable bonds is 4. The molecule has 0 bridgehead atoms.